The maximum atomic E-state index is 12.8. The van der Waals surface area contributed by atoms with E-state index in [2.05, 4.69) is 37.9 Å². The molecule has 1 amide bonds. The number of fused-ring (bicyclic) bond motifs is 3. The Morgan fingerprint density at radius 3 is 2.41 bits per heavy atom. The van der Waals surface area contributed by atoms with E-state index in [4.69, 9.17) is 6.57 Å². The van der Waals surface area contributed by atoms with Gasteiger partial charge in [-0.1, -0.05) is 0 Å². The van der Waals surface area contributed by atoms with Crippen LogP contribution in [0.1, 0.15) is 52.4 Å². The summed E-state index contributed by atoms with van der Waals surface area (Å²) >= 11 is 2.20. The largest absolute Gasteiger partial charge is 0.349 e. The lowest BCUT2D eigenvalue weighted by molar-refractivity contribution is -0.132. The van der Waals surface area contributed by atoms with Crippen molar-refractivity contribution in [3.05, 3.63) is 27.4 Å². The van der Waals surface area contributed by atoms with Crippen LogP contribution in [0.3, 0.4) is 0 Å². The van der Waals surface area contributed by atoms with Crippen molar-refractivity contribution in [3.63, 3.8) is 0 Å². The number of nitrogens with zero attached hydrogens (tertiary/aromatic N) is 3. The van der Waals surface area contributed by atoms with Crippen LogP contribution in [0.5, 0.6) is 0 Å². The molecule has 0 aromatic carbocycles. The van der Waals surface area contributed by atoms with E-state index in [9.17, 15) is 4.79 Å². The first-order valence-electron chi connectivity index (χ1n) is 7.73. The molecule has 0 aliphatic heterocycles. The molecule has 3 fully saturated rings. The van der Waals surface area contributed by atoms with Gasteiger partial charge in [-0.05, 0) is 55.7 Å². The first-order chi connectivity index (χ1) is 10.3. The number of carbonyl (C=O) groups is 1. The normalized spacial score (nSPS) is 30.8. The second kappa shape index (κ2) is 5.22. The SMILES string of the molecule is [C-]#[N+]C12CCC(NC(=O)C(C)(C)n3cc(I)cn3)(CC1)CC2. The first kappa shape index (κ1) is 15.8. The van der Waals surface area contributed by atoms with Crippen LogP contribution in [0.2, 0.25) is 0 Å². The average Bonchev–Trinajstić information content (AvgIpc) is 2.96. The average molecular weight is 412 g/mol. The molecule has 3 aliphatic carbocycles. The Hall–Kier alpha value is -1.10. The van der Waals surface area contributed by atoms with Crippen LogP contribution >= 0.6 is 22.6 Å². The van der Waals surface area contributed by atoms with Gasteiger partial charge in [0.25, 0.3) is 0 Å². The maximum absolute atomic E-state index is 12.8. The predicted octanol–water partition coefficient (Wildman–Crippen LogP) is 3.10. The topological polar surface area (TPSA) is 51.3 Å². The Balaban J connectivity index is 1.74. The van der Waals surface area contributed by atoms with Crippen LogP contribution in [0.15, 0.2) is 12.4 Å². The Bertz CT molecular complexity index is 618. The molecule has 5 nitrogen and oxygen atoms in total. The summed E-state index contributed by atoms with van der Waals surface area (Å²) in [6.07, 6.45) is 9.17. The second-order valence-corrected chi connectivity index (χ2v) is 8.48. The van der Waals surface area contributed by atoms with Gasteiger partial charge in [-0.15, -0.1) is 0 Å². The smallest absolute Gasteiger partial charge is 0.247 e. The van der Waals surface area contributed by atoms with Gasteiger partial charge >= 0.3 is 0 Å². The molecule has 1 N–H and O–H groups in total. The van der Waals surface area contributed by atoms with E-state index in [1.165, 1.54) is 0 Å². The molecule has 0 saturated heterocycles. The Labute approximate surface area is 144 Å². The number of nitrogens with one attached hydrogen (secondary N) is 1. The van der Waals surface area contributed by atoms with E-state index in [1.54, 1.807) is 10.9 Å². The minimum Gasteiger partial charge on any atom is -0.349 e. The number of aromatic nitrogens is 2. The zero-order chi connectivity index (χ0) is 16.0. The van der Waals surface area contributed by atoms with Crippen molar-refractivity contribution in [1.29, 1.82) is 0 Å². The summed E-state index contributed by atoms with van der Waals surface area (Å²) in [6, 6.07) is 0. The Morgan fingerprint density at radius 2 is 1.95 bits per heavy atom. The summed E-state index contributed by atoms with van der Waals surface area (Å²) in [4.78, 5) is 16.7. The maximum Gasteiger partial charge on any atom is 0.247 e. The molecule has 2 bridgehead atoms. The molecule has 118 valence electrons. The number of halogens is 1. The predicted molar refractivity (Wildman–Crippen MR) is 92.2 cm³/mol. The minimum atomic E-state index is -0.704. The summed E-state index contributed by atoms with van der Waals surface area (Å²) in [6.45, 7) is 11.2. The van der Waals surface area contributed by atoms with Crippen LogP contribution in [0.4, 0.5) is 0 Å². The van der Waals surface area contributed by atoms with Gasteiger partial charge < -0.3 is 10.2 Å². The summed E-state index contributed by atoms with van der Waals surface area (Å²) in [5.74, 6) is 0.0178. The van der Waals surface area contributed by atoms with Crippen molar-refractivity contribution < 1.29 is 4.79 Å². The zero-order valence-corrected chi connectivity index (χ0v) is 15.2. The minimum absolute atomic E-state index is 0.0178. The Kier molecular flexibility index (Phi) is 3.75. The van der Waals surface area contributed by atoms with Crippen LogP contribution in [0.25, 0.3) is 4.85 Å². The molecule has 1 aromatic heterocycles. The van der Waals surface area contributed by atoms with Gasteiger partial charge in [0.05, 0.1) is 9.77 Å². The fourth-order valence-electron chi connectivity index (χ4n) is 3.63. The number of hydrogen-bond donors (Lipinski definition) is 1. The molecule has 0 radical (unpaired) electrons. The highest BCUT2D eigenvalue weighted by Crippen LogP contribution is 2.49. The van der Waals surface area contributed by atoms with E-state index in [1.807, 2.05) is 20.0 Å². The van der Waals surface area contributed by atoms with Crippen LogP contribution in [-0.2, 0) is 10.3 Å². The van der Waals surface area contributed by atoms with E-state index < -0.39 is 5.54 Å². The lowest BCUT2D eigenvalue weighted by atomic mass is 9.61. The molecule has 0 unspecified atom stereocenters. The number of rotatable bonds is 3. The van der Waals surface area contributed by atoms with Gasteiger partial charge in [0.1, 0.15) is 5.54 Å². The molecular formula is C16H21IN4O. The van der Waals surface area contributed by atoms with Gasteiger partial charge in [-0.3, -0.25) is 9.48 Å². The third-order valence-corrected chi connectivity index (χ3v) is 6.06. The summed E-state index contributed by atoms with van der Waals surface area (Å²) in [5.41, 5.74) is -0.953. The standard InChI is InChI=1S/C16H21IN4O/c1-14(2,21-11-12(17)10-19-21)13(22)20-16-7-4-15(18-3,5-8-16)6-9-16/h10-11H,4-9H2,1-2H3,(H,20,22). The number of hydrogen-bond acceptors (Lipinski definition) is 2. The monoisotopic (exact) mass is 412 g/mol. The quantitative estimate of drug-likeness (QED) is 0.613. The van der Waals surface area contributed by atoms with Crippen molar-refractivity contribution in [3.8, 4) is 0 Å². The summed E-state index contributed by atoms with van der Waals surface area (Å²) < 4.78 is 2.75. The fourth-order valence-corrected chi connectivity index (χ4v) is 4.01. The third-order valence-electron chi connectivity index (χ3n) is 5.50. The van der Waals surface area contributed by atoms with E-state index >= 15 is 0 Å². The van der Waals surface area contributed by atoms with Gasteiger partial charge in [-0.25, -0.2) is 6.57 Å². The third kappa shape index (κ3) is 2.53. The highest BCUT2D eigenvalue weighted by atomic mass is 127. The molecule has 3 saturated carbocycles. The molecule has 0 spiro atoms. The molecule has 1 aromatic rings. The molecule has 1 heterocycles. The Morgan fingerprint density at radius 1 is 1.36 bits per heavy atom. The molecule has 6 heteroatoms. The van der Waals surface area contributed by atoms with E-state index in [0.717, 1.165) is 42.1 Å². The van der Waals surface area contributed by atoms with Crippen molar-refractivity contribution in [2.75, 3.05) is 0 Å². The summed E-state index contributed by atoms with van der Waals surface area (Å²) in [5, 5.41) is 7.60. The fraction of sp³-hybridized carbons (Fsp3) is 0.688. The zero-order valence-electron chi connectivity index (χ0n) is 13.0. The van der Waals surface area contributed by atoms with Crippen molar-refractivity contribution >= 4 is 28.5 Å². The van der Waals surface area contributed by atoms with Gasteiger partial charge in [0.15, 0.2) is 0 Å². The van der Waals surface area contributed by atoms with Gasteiger partial charge in [0.2, 0.25) is 11.4 Å². The van der Waals surface area contributed by atoms with Gasteiger partial charge in [0, 0.05) is 31.0 Å². The van der Waals surface area contributed by atoms with Crippen molar-refractivity contribution in [2.24, 2.45) is 0 Å². The molecule has 3 aliphatic rings. The molecule has 22 heavy (non-hydrogen) atoms. The van der Waals surface area contributed by atoms with Crippen molar-refractivity contribution in [1.82, 2.24) is 15.1 Å². The van der Waals surface area contributed by atoms with Crippen LogP contribution in [-0.4, -0.2) is 26.8 Å². The van der Waals surface area contributed by atoms with Crippen molar-refractivity contribution in [2.45, 2.75) is 69.0 Å². The van der Waals surface area contributed by atoms with Gasteiger partial charge in [-0.2, -0.15) is 5.10 Å². The van der Waals surface area contributed by atoms with Crippen LogP contribution < -0.4 is 5.32 Å². The first-order valence-corrected chi connectivity index (χ1v) is 8.81. The molecule has 4 rings (SSSR count). The summed E-state index contributed by atoms with van der Waals surface area (Å²) in [7, 11) is 0. The lowest BCUT2D eigenvalue weighted by Crippen LogP contribution is -2.61. The second-order valence-electron chi connectivity index (χ2n) is 7.23. The van der Waals surface area contributed by atoms with E-state index in [-0.39, 0.29) is 17.0 Å². The van der Waals surface area contributed by atoms with E-state index in [0.29, 0.717) is 0 Å². The highest BCUT2D eigenvalue weighted by molar-refractivity contribution is 14.1. The number of amides is 1. The molecular weight excluding hydrogens is 391 g/mol. The molecule has 0 atom stereocenters. The number of carbonyl (C=O) groups excluding carboxylic acids is 1. The lowest BCUT2D eigenvalue weighted by Gasteiger charge is -2.48. The van der Waals surface area contributed by atoms with Crippen LogP contribution in [0, 0.1) is 10.1 Å². The highest BCUT2D eigenvalue weighted by Gasteiger charge is 2.54.